The molecule has 1 aromatic heterocycles. The molecule has 10 heteroatoms. The largest absolute Gasteiger partial charge is 0.308 e. The summed E-state index contributed by atoms with van der Waals surface area (Å²) in [6, 6.07) is 3.05. The van der Waals surface area contributed by atoms with E-state index in [1.165, 1.54) is 26.4 Å². The zero-order valence-corrected chi connectivity index (χ0v) is 14.5. The van der Waals surface area contributed by atoms with Crippen LogP contribution in [0.2, 0.25) is 15.1 Å². The number of nitrogens with zero attached hydrogens (tertiary/aromatic N) is 3. The van der Waals surface area contributed by atoms with E-state index in [0.717, 1.165) is 8.28 Å². The van der Waals surface area contributed by atoms with E-state index in [9.17, 15) is 13.2 Å². The van der Waals surface area contributed by atoms with Gasteiger partial charge in [0.05, 0.1) is 27.0 Å². The van der Waals surface area contributed by atoms with Gasteiger partial charge >= 0.3 is 10.2 Å². The highest BCUT2D eigenvalue weighted by atomic mass is 35.5. The van der Waals surface area contributed by atoms with Gasteiger partial charge in [0.25, 0.3) is 0 Å². The molecule has 0 unspecified atom stereocenters. The molecule has 0 bridgehead atoms. The molecule has 1 aromatic carbocycles. The van der Waals surface area contributed by atoms with Gasteiger partial charge in [-0.15, -0.1) is 0 Å². The predicted molar refractivity (Wildman–Crippen MR) is 86.1 cm³/mol. The normalized spacial score (nSPS) is 11.9. The summed E-state index contributed by atoms with van der Waals surface area (Å²) in [5.74, 6) is -0.272. The molecule has 2 aromatic rings. The van der Waals surface area contributed by atoms with Crippen LogP contribution in [0.5, 0.6) is 0 Å². The van der Waals surface area contributed by atoms with Crippen LogP contribution in [-0.4, -0.2) is 42.1 Å². The van der Waals surface area contributed by atoms with E-state index in [2.05, 4.69) is 4.98 Å². The SMILES string of the molecule is CN(C)S(=O)(=O)n1cc(-c2ccc(Cl)c(Cl)c2Cl)nc1C=O. The third kappa shape index (κ3) is 2.87. The van der Waals surface area contributed by atoms with Crippen molar-refractivity contribution in [2.45, 2.75) is 0 Å². The summed E-state index contributed by atoms with van der Waals surface area (Å²) < 4.78 is 26.1. The molecule has 6 nitrogen and oxygen atoms in total. The minimum atomic E-state index is -3.88. The summed E-state index contributed by atoms with van der Waals surface area (Å²) in [6.07, 6.45) is 1.54. The van der Waals surface area contributed by atoms with Crippen molar-refractivity contribution in [1.29, 1.82) is 0 Å². The van der Waals surface area contributed by atoms with Crippen molar-refractivity contribution in [2.24, 2.45) is 0 Å². The predicted octanol–water partition coefficient (Wildman–Crippen LogP) is 2.98. The first kappa shape index (κ1) is 17.2. The lowest BCUT2D eigenvalue weighted by molar-refractivity contribution is 0.111. The molecular formula is C12H10Cl3N3O3S. The molecule has 2 rings (SSSR count). The molecule has 118 valence electrons. The zero-order chi connectivity index (χ0) is 16.7. The van der Waals surface area contributed by atoms with Gasteiger partial charge in [0.2, 0.25) is 0 Å². The van der Waals surface area contributed by atoms with Crippen LogP contribution in [0.3, 0.4) is 0 Å². The summed E-state index contributed by atoms with van der Waals surface area (Å²) in [5, 5.41) is 0.503. The molecule has 0 aliphatic carbocycles. The fourth-order valence-electron chi connectivity index (χ4n) is 1.67. The number of benzene rings is 1. The first-order chi connectivity index (χ1) is 10.2. The summed E-state index contributed by atoms with van der Waals surface area (Å²) in [4.78, 5) is 15.1. The van der Waals surface area contributed by atoms with Crippen LogP contribution >= 0.6 is 34.8 Å². The maximum atomic E-state index is 12.2. The van der Waals surface area contributed by atoms with Gasteiger partial charge in [-0.05, 0) is 12.1 Å². The Balaban J connectivity index is 2.69. The van der Waals surface area contributed by atoms with Crippen molar-refractivity contribution in [3.8, 4) is 11.3 Å². The van der Waals surface area contributed by atoms with E-state index in [4.69, 9.17) is 34.8 Å². The quantitative estimate of drug-likeness (QED) is 0.602. The second-order valence-corrected chi connectivity index (χ2v) is 7.59. The lowest BCUT2D eigenvalue weighted by Gasteiger charge is -2.12. The Hall–Kier alpha value is -1.12. The van der Waals surface area contributed by atoms with E-state index in [0.29, 0.717) is 11.8 Å². The average molecular weight is 383 g/mol. The van der Waals surface area contributed by atoms with Crippen molar-refractivity contribution in [1.82, 2.24) is 13.3 Å². The van der Waals surface area contributed by atoms with Crippen LogP contribution in [0.1, 0.15) is 10.6 Å². The maximum Gasteiger partial charge on any atom is 0.308 e. The molecule has 0 saturated heterocycles. The molecule has 0 aliphatic heterocycles. The molecule has 1 heterocycles. The van der Waals surface area contributed by atoms with Crippen LogP contribution in [0.25, 0.3) is 11.3 Å². The number of carbonyl (C=O) groups is 1. The number of aldehydes is 1. The van der Waals surface area contributed by atoms with Gasteiger partial charge < -0.3 is 0 Å². The van der Waals surface area contributed by atoms with Gasteiger partial charge in [0.1, 0.15) is 0 Å². The first-order valence-electron chi connectivity index (χ1n) is 5.81. The summed E-state index contributed by atoms with van der Waals surface area (Å²) in [6.45, 7) is 0. The fourth-order valence-corrected chi connectivity index (χ4v) is 3.21. The van der Waals surface area contributed by atoms with Gasteiger partial charge in [-0.3, -0.25) is 4.79 Å². The Labute approximate surface area is 142 Å². The van der Waals surface area contributed by atoms with E-state index in [1.807, 2.05) is 0 Å². The average Bonchev–Trinajstić information content (AvgIpc) is 2.89. The number of rotatable bonds is 4. The van der Waals surface area contributed by atoms with E-state index < -0.39 is 10.2 Å². The lowest BCUT2D eigenvalue weighted by atomic mass is 10.2. The molecule has 0 spiro atoms. The minimum absolute atomic E-state index is 0.124. The van der Waals surface area contributed by atoms with E-state index in [1.54, 1.807) is 6.07 Å². The lowest BCUT2D eigenvalue weighted by Crippen LogP contribution is -2.29. The maximum absolute atomic E-state index is 12.2. The molecule has 0 radical (unpaired) electrons. The Kier molecular flexibility index (Phi) is 4.84. The van der Waals surface area contributed by atoms with Crippen LogP contribution in [0, 0.1) is 0 Å². The molecule has 0 N–H and O–H groups in total. The smallest absolute Gasteiger partial charge is 0.294 e. The Morgan fingerprint density at radius 2 is 1.82 bits per heavy atom. The van der Waals surface area contributed by atoms with Crippen molar-refractivity contribution in [2.75, 3.05) is 14.1 Å². The Morgan fingerprint density at radius 1 is 1.18 bits per heavy atom. The fraction of sp³-hybridized carbons (Fsp3) is 0.167. The molecule has 22 heavy (non-hydrogen) atoms. The van der Waals surface area contributed by atoms with Crippen molar-refractivity contribution in [3.63, 3.8) is 0 Å². The summed E-state index contributed by atoms with van der Waals surface area (Å²) in [7, 11) is -1.20. The zero-order valence-electron chi connectivity index (χ0n) is 11.4. The molecule has 0 atom stereocenters. The van der Waals surface area contributed by atoms with Crippen LogP contribution in [0.15, 0.2) is 18.3 Å². The first-order valence-corrected chi connectivity index (χ1v) is 8.34. The number of carbonyl (C=O) groups excluding carboxylic acids is 1. The van der Waals surface area contributed by atoms with Crippen LogP contribution in [-0.2, 0) is 10.2 Å². The standard InChI is InChI=1S/C12H10Cl3N3O3S/c1-17(2)22(20,21)18-5-9(16-10(18)6-19)7-3-4-8(13)12(15)11(7)14/h3-6H,1-2H3. The van der Waals surface area contributed by atoms with Gasteiger partial charge in [-0.25, -0.2) is 8.96 Å². The second-order valence-electron chi connectivity index (χ2n) is 4.41. The molecule has 0 aliphatic rings. The van der Waals surface area contributed by atoms with E-state index >= 15 is 0 Å². The van der Waals surface area contributed by atoms with E-state index in [-0.39, 0.29) is 26.6 Å². The topological polar surface area (TPSA) is 72.3 Å². The van der Waals surface area contributed by atoms with Gasteiger partial charge in [-0.2, -0.15) is 12.7 Å². The molecule has 0 saturated carbocycles. The van der Waals surface area contributed by atoms with Gasteiger partial charge in [0.15, 0.2) is 12.1 Å². The number of hydrogen-bond donors (Lipinski definition) is 0. The van der Waals surface area contributed by atoms with Gasteiger partial charge in [0, 0.05) is 19.7 Å². The van der Waals surface area contributed by atoms with Crippen molar-refractivity contribution >= 4 is 51.3 Å². The van der Waals surface area contributed by atoms with Crippen LogP contribution < -0.4 is 0 Å². The number of aromatic nitrogens is 2. The number of hydrogen-bond acceptors (Lipinski definition) is 4. The number of imidazole rings is 1. The Morgan fingerprint density at radius 3 is 2.36 bits per heavy atom. The monoisotopic (exact) mass is 381 g/mol. The highest BCUT2D eigenvalue weighted by Gasteiger charge is 2.23. The van der Waals surface area contributed by atoms with Crippen molar-refractivity contribution in [3.05, 3.63) is 39.2 Å². The molecular weight excluding hydrogens is 373 g/mol. The van der Waals surface area contributed by atoms with Crippen molar-refractivity contribution < 1.29 is 13.2 Å². The van der Waals surface area contributed by atoms with Crippen LogP contribution in [0.4, 0.5) is 0 Å². The molecule has 0 amide bonds. The summed E-state index contributed by atoms with van der Waals surface area (Å²) >= 11 is 17.9. The highest BCUT2D eigenvalue weighted by molar-refractivity contribution is 7.87. The van der Waals surface area contributed by atoms with Gasteiger partial charge in [-0.1, -0.05) is 34.8 Å². The minimum Gasteiger partial charge on any atom is -0.294 e. The molecule has 0 fully saturated rings. The highest BCUT2D eigenvalue weighted by Crippen LogP contribution is 2.37. The Bertz CT molecular complexity index is 847. The second kappa shape index (κ2) is 6.17. The summed E-state index contributed by atoms with van der Waals surface area (Å²) in [5.41, 5.74) is 0.558. The third-order valence-corrected chi connectivity index (χ3v) is 5.83. The number of halogens is 3. The third-order valence-electron chi connectivity index (χ3n) is 2.83.